The molecule has 0 aromatic heterocycles. The summed E-state index contributed by atoms with van der Waals surface area (Å²) < 4.78 is 31.0. The minimum Gasteiger partial charge on any atom is -0.478 e. The molecule has 0 unspecified atom stereocenters. The Morgan fingerprint density at radius 1 is 1.41 bits per heavy atom. The fourth-order valence-electron chi connectivity index (χ4n) is 1.24. The Kier molecular flexibility index (Phi) is 3.71. The van der Waals surface area contributed by atoms with Crippen LogP contribution in [0.3, 0.4) is 0 Å². The summed E-state index contributed by atoms with van der Waals surface area (Å²) in [5.74, 6) is -1.27. The largest absolute Gasteiger partial charge is 0.478 e. The molecule has 0 atom stereocenters. The molecule has 0 aliphatic carbocycles. The number of carbonyl (C=O) groups is 1. The molecule has 1 aromatic rings. The van der Waals surface area contributed by atoms with Crippen molar-refractivity contribution in [1.29, 1.82) is 0 Å². The maximum absolute atomic E-state index is 11.0. The lowest BCUT2D eigenvalue weighted by Gasteiger charge is -2.17. The first-order chi connectivity index (χ1) is 7.77. The molecule has 17 heavy (non-hydrogen) atoms. The first kappa shape index (κ1) is 13.4. The summed E-state index contributed by atoms with van der Waals surface area (Å²) in [4.78, 5) is 10.2. The number of nitrogens with zero attached hydrogens (tertiary/aromatic N) is 1. The van der Waals surface area contributed by atoms with E-state index in [1.54, 1.807) is 0 Å². The van der Waals surface area contributed by atoms with Crippen molar-refractivity contribution in [2.24, 2.45) is 0 Å². The number of aromatic carboxylic acids is 1. The van der Waals surface area contributed by atoms with Crippen LogP contribution in [-0.4, -0.2) is 35.8 Å². The smallest absolute Gasteiger partial charge is 0.335 e. The number of hydroxylamine groups is 1. The standard InChI is InChI=1S/C9H11NO6S/c1-2-10(13)7-5-6(9(11)12)3-4-8(7)17(14,15)16/h3-5,13H,2H2,1H3,(H,11,12)(H,14,15,16). The Balaban J connectivity index is 3.47. The fraction of sp³-hybridized carbons (Fsp3) is 0.222. The van der Waals surface area contributed by atoms with Gasteiger partial charge in [0, 0.05) is 6.54 Å². The predicted molar refractivity (Wildman–Crippen MR) is 58.0 cm³/mol. The normalized spacial score (nSPS) is 11.2. The van der Waals surface area contributed by atoms with E-state index >= 15 is 0 Å². The molecular formula is C9H11NO6S. The van der Waals surface area contributed by atoms with Crippen molar-refractivity contribution in [1.82, 2.24) is 0 Å². The van der Waals surface area contributed by atoms with Crippen LogP contribution in [-0.2, 0) is 10.1 Å². The maximum Gasteiger partial charge on any atom is 0.335 e. The van der Waals surface area contributed by atoms with Crippen molar-refractivity contribution in [2.75, 3.05) is 11.6 Å². The van der Waals surface area contributed by atoms with E-state index < -0.39 is 21.0 Å². The summed E-state index contributed by atoms with van der Waals surface area (Å²) in [6.07, 6.45) is 0. The summed E-state index contributed by atoms with van der Waals surface area (Å²) in [7, 11) is -4.53. The maximum atomic E-state index is 11.0. The van der Waals surface area contributed by atoms with E-state index in [0.29, 0.717) is 5.06 Å². The van der Waals surface area contributed by atoms with Gasteiger partial charge >= 0.3 is 5.97 Å². The Morgan fingerprint density at radius 2 is 2.00 bits per heavy atom. The van der Waals surface area contributed by atoms with E-state index in [1.165, 1.54) is 6.92 Å². The molecule has 94 valence electrons. The molecule has 1 rings (SSSR count). The molecule has 3 N–H and O–H groups in total. The lowest BCUT2D eigenvalue weighted by atomic mass is 10.2. The first-order valence-corrected chi connectivity index (χ1v) is 6.02. The average Bonchev–Trinajstić information content (AvgIpc) is 2.25. The van der Waals surface area contributed by atoms with E-state index in [0.717, 1.165) is 18.2 Å². The lowest BCUT2D eigenvalue weighted by molar-refractivity contribution is 0.0696. The zero-order chi connectivity index (χ0) is 13.2. The monoisotopic (exact) mass is 261 g/mol. The molecule has 0 bridgehead atoms. The van der Waals surface area contributed by atoms with Crippen LogP contribution in [0.25, 0.3) is 0 Å². The van der Waals surface area contributed by atoms with Crippen molar-refractivity contribution < 1.29 is 28.1 Å². The number of carboxylic acids is 1. The molecular weight excluding hydrogens is 250 g/mol. The number of rotatable bonds is 4. The molecule has 7 nitrogen and oxygen atoms in total. The molecule has 0 spiro atoms. The van der Waals surface area contributed by atoms with Gasteiger partial charge in [0.2, 0.25) is 0 Å². The van der Waals surface area contributed by atoms with Crippen molar-refractivity contribution in [3.8, 4) is 0 Å². The summed E-state index contributed by atoms with van der Waals surface area (Å²) >= 11 is 0. The Morgan fingerprint density at radius 3 is 2.41 bits per heavy atom. The number of benzene rings is 1. The minimum absolute atomic E-state index is 0.0333. The van der Waals surface area contributed by atoms with E-state index in [1.807, 2.05) is 0 Å². The first-order valence-electron chi connectivity index (χ1n) is 4.58. The molecule has 0 aliphatic heterocycles. The van der Waals surface area contributed by atoms with Crippen LogP contribution in [0, 0.1) is 0 Å². The number of anilines is 1. The zero-order valence-electron chi connectivity index (χ0n) is 8.86. The number of hydrogen-bond donors (Lipinski definition) is 3. The average molecular weight is 261 g/mol. The van der Waals surface area contributed by atoms with E-state index in [9.17, 15) is 18.4 Å². The zero-order valence-corrected chi connectivity index (χ0v) is 9.68. The molecule has 0 saturated carbocycles. The van der Waals surface area contributed by atoms with Gasteiger partial charge in [-0.1, -0.05) is 0 Å². The lowest BCUT2D eigenvalue weighted by Crippen LogP contribution is -2.20. The van der Waals surface area contributed by atoms with Crippen LogP contribution in [0.2, 0.25) is 0 Å². The number of carboxylic acid groups (broad SMARTS) is 1. The van der Waals surface area contributed by atoms with Crippen LogP contribution in [0.1, 0.15) is 17.3 Å². The van der Waals surface area contributed by atoms with Crippen LogP contribution >= 0.6 is 0 Å². The molecule has 0 radical (unpaired) electrons. The Bertz CT molecular complexity index is 538. The van der Waals surface area contributed by atoms with Gasteiger partial charge in [-0.05, 0) is 25.1 Å². The van der Waals surface area contributed by atoms with E-state index in [2.05, 4.69) is 0 Å². The fourth-order valence-corrected chi connectivity index (χ4v) is 1.91. The Hall–Kier alpha value is -1.64. The summed E-state index contributed by atoms with van der Waals surface area (Å²) in [5.41, 5.74) is -0.477. The SMILES string of the molecule is CCN(O)c1cc(C(=O)O)ccc1S(=O)(=O)O. The molecule has 1 aromatic carbocycles. The third-order valence-electron chi connectivity index (χ3n) is 2.06. The van der Waals surface area contributed by atoms with Gasteiger partial charge < -0.3 is 5.11 Å². The molecule has 0 aliphatic rings. The second kappa shape index (κ2) is 4.70. The second-order valence-corrected chi connectivity index (χ2v) is 4.57. The van der Waals surface area contributed by atoms with E-state index in [-0.39, 0.29) is 17.8 Å². The molecule has 0 saturated heterocycles. The highest BCUT2D eigenvalue weighted by Gasteiger charge is 2.20. The minimum atomic E-state index is -4.53. The molecule has 0 amide bonds. The topological polar surface area (TPSA) is 115 Å². The van der Waals surface area contributed by atoms with E-state index in [4.69, 9.17) is 9.66 Å². The highest BCUT2D eigenvalue weighted by Crippen LogP contribution is 2.25. The third kappa shape index (κ3) is 2.93. The van der Waals surface area contributed by atoms with Gasteiger partial charge in [-0.2, -0.15) is 8.42 Å². The summed E-state index contributed by atoms with van der Waals surface area (Å²) in [5, 5.41) is 18.7. The number of hydrogen-bond acceptors (Lipinski definition) is 5. The highest BCUT2D eigenvalue weighted by atomic mass is 32.2. The van der Waals surface area contributed by atoms with Gasteiger partial charge in [0.05, 0.1) is 11.3 Å². The van der Waals surface area contributed by atoms with Gasteiger partial charge in [-0.25, -0.2) is 4.79 Å². The highest BCUT2D eigenvalue weighted by molar-refractivity contribution is 7.86. The van der Waals surface area contributed by atoms with Gasteiger partial charge in [0.25, 0.3) is 10.1 Å². The molecule has 0 heterocycles. The van der Waals surface area contributed by atoms with Gasteiger partial charge in [-0.15, -0.1) is 0 Å². The van der Waals surface area contributed by atoms with Crippen molar-refractivity contribution in [3.63, 3.8) is 0 Å². The van der Waals surface area contributed by atoms with Gasteiger partial charge in [0.15, 0.2) is 0 Å². The summed E-state index contributed by atoms with van der Waals surface area (Å²) in [6, 6.07) is 2.92. The molecule has 0 fully saturated rings. The van der Waals surface area contributed by atoms with Gasteiger partial charge in [0.1, 0.15) is 4.90 Å². The Labute approximate surface area is 97.6 Å². The van der Waals surface area contributed by atoms with Crippen molar-refractivity contribution in [3.05, 3.63) is 23.8 Å². The van der Waals surface area contributed by atoms with Crippen molar-refractivity contribution >= 4 is 21.8 Å². The predicted octanol–water partition coefficient (Wildman–Crippen LogP) is 0.847. The van der Waals surface area contributed by atoms with Gasteiger partial charge in [-0.3, -0.25) is 14.8 Å². The van der Waals surface area contributed by atoms with Crippen LogP contribution in [0.5, 0.6) is 0 Å². The van der Waals surface area contributed by atoms with Crippen LogP contribution < -0.4 is 5.06 Å². The summed E-state index contributed by atoms with van der Waals surface area (Å²) in [6.45, 7) is 1.56. The third-order valence-corrected chi connectivity index (χ3v) is 2.96. The quantitative estimate of drug-likeness (QED) is 0.543. The van der Waals surface area contributed by atoms with Crippen molar-refractivity contribution in [2.45, 2.75) is 11.8 Å². The molecule has 8 heteroatoms. The second-order valence-electron chi connectivity index (χ2n) is 3.18. The van der Waals surface area contributed by atoms with Crippen LogP contribution in [0.4, 0.5) is 5.69 Å². The van der Waals surface area contributed by atoms with Crippen LogP contribution in [0.15, 0.2) is 23.1 Å².